The number of aliphatic hydroxyl groups is 2. The van der Waals surface area contributed by atoms with Crippen LogP contribution in [0.1, 0.15) is 0 Å². The Balaban J connectivity index is 4.38. The molecule has 0 aromatic carbocycles. The van der Waals surface area contributed by atoms with E-state index in [0.717, 1.165) is 0 Å². The molecule has 5 nitrogen and oxygen atoms in total. The molecule has 0 amide bonds. The number of rotatable bonds is 3. The van der Waals surface area contributed by atoms with Gasteiger partial charge >= 0.3 is 94.3 Å². The van der Waals surface area contributed by atoms with Crippen LogP contribution in [0.15, 0.2) is 0 Å². The van der Waals surface area contributed by atoms with E-state index in [1.807, 2.05) is 0 Å². The van der Waals surface area contributed by atoms with Crippen LogP contribution < -0.4 is 0 Å². The van der Waals surface area contributed by atoms with Crippen molar-refractivity contribution in [3.05, 3.63) is 0 Å². The van der Waals surface area contributed by atoms with Gasteiger partial charge in [-0.3, -0.25) is 0 Å². The number of hydrogen-bond donors (Lipinski definition) is 3. The molecule has 0 aliphatic carbocycles. The summed E-state index contributed by atoms with van der Waals surface area (Å²) in [5.41, 5.74) is 0. The third-order valence-electron chi connectivity index (χ3n) is 1.10. The van der Waals surface area contributed by atoms with Crippen molar-refractivity contribution < 1.29 is 23.2 Å². The van der Waals surface area contributed by atoms with Crippen LogP contribution in [0, 0.1) is 0 Å². The van der Waals surface area contributed by atoms with E-state index in [0.29, 0.717) is 0 Å². The Kier molecular flexibility index (Phi) is 5.14. The molecule has 0 aromatic heterocycles. The molecule has 0 rings (SSSR count). The predicted octanol–water partition coefficient (Wildman–Crippen LogP) is -2.28. The third-order valence-corrected chi connectivity index (χ3v) is 4.42. The van der Waals surface area contributed by atoms with E-state index in [1.54, 1.807) is 0 Å². The van der Waals surface area contributed by atoms with E-state index in [-0.39, 0.29) is 49.0 Å². The fourth-order valence-electron chi connectivity index (χ4n) is 0.496. The van der Waals surface area contributed by atoms with Crippen molar-refractivity contribution in [2.45, 2.75) is 5.45 Å². The molecule has 0 aliphatic rings. The molecule has 56 valence electrons. The van der Waals surface area contributed by atoms with Gasteiger partial charge in [-0.1, -0.05) is 0 Å². The van der Waals surface area contributed by atoms with Crippen LogP contribution >= 0.6 is 0 Å². The topological polar surface area (TPSA) is 94.8 Å². The van der Waals surface area contributed by atoms with Gasteiger partial charge in [0.1, 0.15) is 0 Å². The predicted molar refractivity (Wildman–Crippen MR) is 34.2 cm³/mol. The Morgan fingerprint density at radius 1 is 1.50 bits per heavy atom. The molecular weight excluding hydrogens is 187 g/mol. The van der Waals surface area contributed by atoms with Crippen molar-refractivity contribution in [2.24, 2.45) is 0 Å². The van der Waals surface area contributed by atoms with Gasteiger partial charge in [0.05, 0.1) is 0 Å². The van der Waals surface area contributed by atoms with Gasteiger partial charge in [0, 0.05) is 0 Å². The first kappa shape index (κ1) is 11.5. The maximum absolute atomic E-state index is 10.3. The Labute approximate surface area is 92.8 Å². The molecular formula is C3H7KO5S. The molecule has 0 bridgehead atoms. The summed E-state index contributed by atoms with van der Waals surface area (Å²) in [6.45, 7) is -0.734. The molecule has 0 radical (unpaired) electrons. The zero-order chi connectivity index (χ0) is 8.36. The minimum absolute atomic E-state index is 0.143. The fraction of sp³-hybridized carbons (Fsp3) is 1.00. The quantitative estimate of drug-likeness (QED) is 0.347. The van der Waals surface area contributed by atoms with Crippen molar-refractivity contribution in [3.63, 3.8) is 0 Å². The molecule has 2 atom stereocenters. The van der Waals surface area contributed by atoms with Crippen LogP contribution in [-0.2, 0) is 10.1 Å². The van der Waals surface area contributed by atoms with Gasteiger partial charge in [0.15, 0.2) is 0 Å². The van der Waals surface area contributed by atoms with Gasteiger partial charge in [-0.25, -0.2) is 0 Å². The second-order valence-electron chi connectivity index (χ2n) is 1.98. The van der Waals surface area contributed by atoms with Crippen LogP contribution in [0.3, 0.4) is 0 Å². The van der Waals surface area contributed by atoms with Crippen LogP contribution in [-0.4, -0.2) is 84.2 Å². The Hall–Kier alpha value is 1.47. The SMILES string of the molecule is O=S(=O)(O)C(CO)[CH](O)[K]. The van der Waals surface area contributed by atoms with E-state index in [4.69, 9.17) is 14.8 Å². The molecule has 0 saturated heterocycles. The van der Waals surface area contributed by atoms with Crippen molar-refractivity contribution in [3.8, 4) is 0 Å². The van der Waals surface area contributed by atoms with Gasteiger partial charge in [-0.05, 0) is 0 Å². The number of hydrogen-bond acceptors (Lipinski definition) is 4. The molecule has 10 heavy (non-hydrogen) atoms. The molecule has 0 aromatic rings. The average molecular weight is 194 g/mol. The average Bonchev–Trinajstić information content (AvgIpc) is 1.60. The van der Waals surface area contributed by atoms with Crippen LogP contribution in [0.2, 0.25) is 0 Å². The summed E-state index contributed by atoms with van der Waals surface area (Å²) in [4.78, 5) is 0. The van der Waals surface area contributed by atoms with Gasteiger partial charge in [0.2, 0.25) is 0 Å². The Morgan fingerprint density at radius 2 is 1.90 bits per heavy atom. The van der Waals surface area contributed by atoms with Crippen LogP contribution in [0.4, 0.5) is 0 Å². The van der Waals surface area contributed by atoms with Crippen LogP contribution in [0.5, 0.6) is 0 Å². The van der Waals surface area contributed by atoms with Crippen LogP contribution in [0.25, 0.3) is 0 Å². The summed E-state index contributed by atoms with van der Waals surface area (Å²) in [5, 5.41) is 15.7. The molecule has 0 fully saturated rings. The first-order chi connectivity index (χ1) is 4.39. The molecule has 0 saturated carbocycles. The van der Waals surface area contributed by atoms with E-state index < -0.39 is 22.2 Å². The molecule has 0 aliphatic heterocycles. The minimum atomic E-state index is -4.27. The molecule has 0 heterocycles. The van der Waals surface area contributed by atoms with Crippen molar-refractivity contribution >= 4 is 59.1 Å². The normalized spacial score (nSPS) is 18.5. The summed E-state index contributed by atoms with van der Waals surface area (Å²) in [7, 11) is -4.27. The van der Waals surface area contributed by atoms with Gasteiger partial charge in [0.25, 0.3) is 0 Å². The maximum atomic E-state index is 10.3. The first-order valence-corrected chi connectivity index (χ1v) is 5.95. The second kappa shape index (κ2) is 4.48. The first-order valence-electron chi connectivity index (χ1n) is 2.64. The molecule has 2 unspecified atom stereocenters. The van der Waals surface area contributed by atoms with Crippen molar-refractivity contribution in [1.82, 2.24) is 0 Å². The summed E-state index contributed by atoms with van der Waals surface area (Å²) in [6.07, 6.45) is 0. The zero-order valence-electron chi connectivity index (χ0n) is 5.43. The molecule has 3 N–H and O–H groups in total. The molecule has 0 spiro atoms. The summed E-state index contributed by atoms with van der Waals surface area (Å²) in [5.74, 6) is 0. The van der Waals surface area contributed by atoms with Gasteiger partial charge in [-0.2, -0.15) is 0 Å². The standard InChI is InChI=1S/C3H7O5S.K/c4-1-3(2-5)9(6,7)8;/h1,3-5H,2H2,(H,6,7,8);. The molecule has 7 heteroatoms. The monoisotopic (exact) mass is 194 g/mol. The Bertz CT molecular complexity index is 185. The Morgan fingerprint density at radius 3 is 1.90 bits per heavy atom. The van der Waals surface area contributed by atoms with E-state index in [2.05, 4.69) is 0 Å². The summed E-state index contributed by atoms with van der Waals surface area (Å²) < 4.78 is 27.8. The number of aliphatic hydroxyl groups excluding tert-OH is 2. The fourth-order valence-corrected chi connectivity index (χ4v) is 3.12. The third kappa shape index (κ3) is 3.74. The van der Waals surface area contributed by atoms with Gasteiger partial charge < -0.3 is 0 Å². The van der Waals surface area contributed by atoms with Gasteiger partial charge in [-0.15, -0.1) is 0 Å². The van der Waals surface area contributed by atoms with Crippen molar-refractivity contribution in [1.29, 1.82) is 0 Å². The summed E-state index contributed by atoms with van der Waals surface area (Å²) >= 11 is -0.143. The van der Waals surface area contributed by atoms with E-state index in [1.165, 1.54) is 0 Å². The second-order valence-corrected chi connectivity index (χ2v) is 5.46. The summed E-state index contributed by atoms with van der Waals surface area (Å²) in [6, 6.07) is 0. The zero-order valence-corrected chi connectivity index (χ0v) is 9.37. The van der Waals surface area contributed by atoms with E-state index >= 15 is 0 Å². The van der Waals surface area contributed by atoms with E-state index in [9.17, 15) is 8.42 Å². The van der Waals surface area contributed by atoms with Crippen molar-refractivity contribution in [2.75, 3.05) is 6.61 Å².